The number of thiazole rings is 1. The fourth-order valence-electron chi connectivity index (χ4n) is 3.27. The fraction of sp³-hybridized carbons (Fsp3) is 0.250. The van der Waals surface area contributed by atoms with Gasteiger partial charge in [0.25, 0.3) is 0 Å². The third-order valence-corrected chi connectivity index (χ3v) is 5.85. The maximum Gasteiger partial charge on any atom is 0.246 e. The number of carbonyl (C=O) groups excluding carboxylic acids is 1. The highest BCUT2D eigenvalue weighted by molar-refractivity contribution is 7.97. The van der Waals surface area contributed by atoms with Crippen LogP contribution in [0.1, 0.15) is 17.0 Å². The SMILES string of the molecule is CSCc1nc2ccccc2n1CC(=O)Nc1nc2c(C)cc(C)cc2s1. The van der Waals surface area contributed by atoms with Gasteiger partial charge < -0.3 is 9.88 Å². The fourth-order valence-corrected chi connectivity index (χ4v) is 4.80. The minimum atomic E-state index is -0.0889. The van der Waals surface area contributed by atoms with Gasteiger partial charge in [0.05, 0.1) is 27.0 Å². The Balaban J connectivity index is 1.60. The molecule has 2 heterocycles. The number of rotatable bonds is 5. The van der Waals surface area contributed by atoms with Crippen molar-refractivity contribution in [1.82, 2.24) is 14.5 Å². The Bertz CT molecular complexity index is 1150. The van der Waals surface area contributed by atoms with Gasteiger partial charge >= 0.3 is 0 Å². The van der Waals surface area contributed by atoms with E-state index in [1.54, 1.807) is 11.8 Å². The van der Waals surface area contributed by atoms with Crippen LogP contribution in [-0.4, -0.2) is 26.7 Å². The van der Waals surface area contributed by atoms with Gasteiger partial charge in [-0.2, -0.15) is 11.8 Å². The number of thioether (sulfide) groups is 1. The first-order valence-electron chi connectivity index (χ1n) is 8.66. The molecule has 4 aromatic rings. The number of hydrogen-bond donors (Lipinski definition) is 1. The molecule has 0 aliphatic rings. The molecule has 0 saturated carbocycles. The average Bonchev–Trinajstić information content (AvgIpc) is 3.17. The Morgan fingerprint density at radius 1 is 1.22 bits per heavy atom. The summed E-state index contributed by atoms with van der Waals surface area (Å²) in [5.74, 6) is 1.59. The number of para-hydroxylation sites is 2. The molecular formula is C20H20N4OS2. The van der Waals surface area contributed by atoms with Crippen molar-refractivity contribution in [2.75, 3.05) is 11.6 Å². The first kappa shape index (κ1) is 18.0. The minimum absolute atomic E-state index is 0.0889. The summed E-state index contributed by atoms with van der Waals surface area (Å²) in [7, 11) is 0. The summed E-state index contributed by atoms with van der Waals surface area (Å²) in [4.78, 5) is 22.0. The summed E-state index contributed by atoms with van der Waals surface area (Å²) in [5.41, 5.74) is 5.18. The van der Waals surface area contributed by atoms with E-state index in [-0.39, 0.29) is 12.5 Å². The van der Waals surface area contributed by atoms with Crippen molar-refractivity contribution in [3.05, 3.63) is 53.3 Å². The van der Waals surface area contributed by atoms with Crippen molar-refractivity contribution in [3.63, 3.8) is 0 Å². The molecule has 1 amide bonds. The number of aryl methyl sites for hydroxylation is 2. The van der Waals surface area contributed by atoms with Gasteiger partial charge in [0.1, 0.15) is 12.4 Å². The Labute approximate surface area is 165 Å². The first-order valence-corrected chi connectivity index (χ1v) is 10.9. The zero-order valence-corrected chi connectivity index (χ0v) is 17.1. The van der Waals surface area contributed by atoms with Crippen LogP contribution in [0.4, 0.5) is 5.13 Å². The quantitative estimate of drug-likeness (QED) is 0.528. The third-order valence-electron chi connectivity index (χ3n) is 4.38. The smallest absolute Gasteiger partial charge is 0.246 e. The van der Waals surface area contributed by atoms with Crippen molar-refractivity contribution in [1.29, 1.82) is 0 Å². The average molecular weight is 397 g/mol. The third kappa shape index (κ3) is 3.57. The lowest BCUT2D eigenvalue weighted by Gasteiger charge is -2.08. The Hall–Kier alpha value is -2.38. The van der Waals surface area contributed by atoms with E-state index in [1.807, 2.05) is 42.0 Å². The molecular weight excluding hydrogens is 376 g/mol. The van der Waals surface area contributed by atoms with Gasteiger partial charge in [-0.15, -0.1) is 0 Å². The number of aromatic nitrogens is 3. The summed E-state index contributed by atoms with van der Waals surface area (Å²) in [5, 5.41) is 3.60. The monoisotopic (exact) mass is 396 g/mol. The number of carbonyl (C=O) groups is 1. The molecule has 0 aliphatic heterocycles. The van der Waals surface area contributed by atoms with Gasteiger partial charge in [0.2, 0.25) is 5.91 Å². The number of nitrogens with zero attached hydrogens (tertiary/aromatic N) is 3. The van der Waals surface area contributed by atoms with Gasteiger partial charge in [-0.3, -0.25) is 4.79 Å². The normalized spacial score (nSPS) is 11.4. The number of amides is 1. The molecule has 0 fully saturated rings. The van der Waals surface area contributed by atoms with Crippen LogP contribution in [0, 0.1) is 13.8 Å². The van der Waals surface area contributed by atoms with Crippen LogP contribution in [-0.2, 0) is 17.1 Å². The van der Waals surface area contributed by atoms with Crippen molar-refractivity contribution in [3.8, 4) is 0 Å². The van der Waals surface area contributed by atoms with Gasteiger partial charge in [-0.05, 0) is 49.4 Å². The predicted octanol–water partition coefficient (Wildman–Crippen LogP) is 4.76. The lowest BCUT2D eigenvalue weighted by molar-refractivity contribution is -0.116. The van der Waals surface area contributed by atoms with Crippen LogP contribution >= 0.6 is 23.1 Å². The highest BCUT2D eigenvalue weighted by atomic mass is 32.2. The Morgan fingerprint density at radius 2 is 2.04 bits per heavy atom. The van der Waals surface area contributed by atoms with E-state index in [0.717, 1.165) is 38.4 Å². The zero-order chi connectivity index (χ0) is 19.0. The van der Waals surface area contributed by atoms with Crippen LogP contribution < -0.4 is 5.32 Å². The van der Waals surface area contributed by atoms with E-state index in [0.29, 0.717) is 5.13 Å². The van der Waals surface area contributed by atoms with E-state index >= 15 is 0 Å². The molecule has 2 aromatic heterocycles. The molecule has 7 heteroatoms. The zero-order valence-electron chi connectivity index (χ0n) is 15.4. The predicted molar refractivity (Wildman–Crippen MR) is 115 cm³/mol. The molecule has 4 rings (SSSR count). The summed E-state index contributed by atoms with van der Waals surface area (Å²) in [6.07, 6.45) is 2.04. The second kappa shape index (κ2) is 7.32. The molecule has 138 valence electrons. The lowest BCUT2D eigenvalue weighted by Crippen LogP contribution is -2.20. The standard InChI is InChI=1S/C20H20N4OS2/c1-12-8-13(2)19-16(9-12)27-20(23-19)22-18(25)10-24-15-7-5-4-6-14(15)21-17(24)11-26-3/h4-9H,10-11H2,1-3H3,(H,22,23,25). The van der Waals surface area contributed by atoms with Crippen LogP contribution in [0.15, 0.2) is 36.4 Å². The molecule has 0 unspecified atom stereocenters. The Kier molecular flexibility index (Phi) is 4.88. The number of benzene rings is 2. The molecule has 0 spiro atoms. The Morgan fingerprint density at radius 3 is 2.85 bits per heavy atom. The van der Waals surface area contributed by atoms with E-state index in [2.05, 4.69) is 34.3 Å². The molecule has 0 aliphatic carbocycles. The minimum Gasteiger partial charge on any atom is -0.318 e. The summed E-state index contributed by atoms with van der Waals surface area (Å²) in [6.45, 7) is 4.35. The largest absolute Gasteiger partial charge is 0.318 e. The summed E-state index contributed by atoms with van der Waals surface area (Å²) >= 11 is 3.21. The van der Waals surface area contributed by atoms with E-state index < -0.39 is 0 Å². The van der Waals surface area contributed by atoms with Gasteiger partial charge in [-0.25, -0.2) is 9.97 Å². The number of anilines is 1. The van der Waals surface area contributed by atoms with Crippen molar-refractivity contribution in [2.45, 2.75) is 26.1 Å². The van der Waals surface area contributed by atoms with Crippen molar-refractivity contribution < 1.29 is 4.79 Å². The van der Waals surface area contributed by atoms with Gasteiger partial charge in [0, 0.05) is 0 Å². The first-order chi connectivity index (χ1) is 13.0. The van der Waals surface area contributed by atoms with Crippen LogP contribution in [0.25, 0.3) is 21.3 Å². The molecule has 0 saturated heterocycles. The molecule has 0 atom stereocenters. The van der Waals surface area contributed by atoms with Crippen molar-refractivity contribution >= 4 is 55.4 Å². The molecule has 5 nitrogen and oxygen atoms in total. The van der Waals surface area contributed by atoms with E-state index in [1.165, 1.54) is 16.9 Å². The topological polar surface area (TPSA) is 59.8 Å². The second-order valence-corrected chi connectivity index (χ2v) is 8.43. The lowest BCUT2D eigenvalue weighted by atomic mass is 10.1. The summed E-state index contributed by atoms with van der Waals surface area (Å²) < 4.78 is 3.09. The second-order valence-electron chi connectivity index (χ2n) is 6.53. The number of imidazole rings is 1. The van der Waals surface area contributed by atoms with E-state index in [9.17, 15) is 4.79 Å². The maximum absolute atomic E-state index is 12.7. The molecule has 0 bridgehead atoms. The van der Waals surface area contributed by atoms with Crippen LogP contribution in [0.3, 0.4) is 0 Å². The number of fused-ring (bicyclic) bond motifs is 2. The molecule has 27 heavy (non-hydrogen) atoms. The van der Waals surface area contributed by atoms with Gasteiger partial charge in [-0.1, -0.05) is 29.5 Å². The van der Waals surface area contributed by atoms with Crippen molar-refractivity contribution in [2.24, 2.45) is 0 Å². The number of nitrogens with one attached hydrogen (secondary N) is 1. The van der Waals surface area contributed by atoms with E-state index in [4.69, 9.17) is 0 Å². The highest BCUT2D eigenvalue weighted by Crippen LogP contribution is 2.29. The highest BCUT2D eigenvalue weighted by Gasteiger charge is 2.15. The maximum atomic E-state index is 12.7. The number of hydrogen-bond acceptors (Lipinski definition) is 5. The van der Waals surface area contributed by atoms with Gasteiger partial charge in [0.15, 0.2) is 5.13 Å². The summed E-state index contributed by atoms with van der Waals surface area (Å²) in [6, 6.07) is 12.1. The molecule has 1 N–H and O–H groups in total. The van der Waals surface area contributed by atoms with Crippen LogP contribution in [0.5, 0.6) is 0 Å². The molecule has 2 aromatic carbocycles. The van der Waals surface area contributed by atoms with Crippen LogP contribution in [0.2, 0.25) is 0 Å². The molecule has 0 radical (unpaired) electrons.